The second-order valence-corrected chi connectivity index (χ2v) is 114. The summed E-state index contributed by atoms with van der Waals surface area (Å²) in [6.07, 6.45) is 0. The zero-order valence-electron chi connectivity index (χ0n) is 80.7. The monoisotopic (exact) mass is 2080 g/mol. The van der Waals surface area contributed by atoms with E-state index < -0.39 is 178 Å². The van der Waals surface area contributed by atoms with Gasteiger partial charge < -0.3 is 0 Å². The summed E-state index contributed by atoms with van der Waals surface area (Å²) in [4.78, 5) is 49.4. The molecule has 0 saturated carbocycles. The Kier molecular flexibility index (Phi) is 134. The summed E-state index contributed by atoms with van der Waals surface area (Å²) in [6, 6.07) is 0. The van der Waals surface area contributed by atoms with Gasteiger partial charge in [-0.25, -0.2) is 0 Å². The van der Waals surface area contributed by atoms with Gasteiger partial charge in [-0.15, -0.1) is 0 Å². The molecule has 0 rings (SSSR count). The van der Waals surface area contributed by atoms with Crippen molar-refractivity contribution in [3.05, 3.63) is 0 Å². The van der Waals surface area contributed by atoms with Crippen molar-refractivity contribution < 1.29 is 0 Å². The Bertz CT molecular complexity index is 1350. The van der Waals surface area contributed by atoms with Crippen LogP contribution in [0.3, 0.4) is 0 Å². The van der Waals surface area contributed by atoms with E-state index in [0.717, 1.165) is 0 Å². The summed E-state index contributed by atoms with van der Waals surface area (Å²) in [7, 11) is 26.2. The third-order valence-electron chi connectivity index (χ3n) is 19.5. The molecule has 0 aliphatic carbocycles. The van der Waals surface area contributed by atoms with Gasteiger partial charge in [-0.05, 0) is 0 Å². The molecule has 612 valence electrons. The number of nitrogens with zero attached hydrogens (tertiary/aromatic N) is 11. The summed E-state index contributed by atoms with van der Waals surface area (Å²) < 4.78 is 0. The van der Waals surface area contributed by atoms with Crippen LogP contribution in [0.25, 0.3) is 0 Å². The van der Waals surface area contributed by atoms with Crippen LogP contribution in [0, 0.1) is 0 Å². The molecule has 0 saturated heterocycles. The Morgan fingerprint density at radius 1 is 0.167 bits per heavy atom. The van der Waals surface area contributed by atoms with Crippen LogP contribution in [-0.2, 0) is 0 Å². The molecule has 0 aromatic heterocycles. The second-order valence-electron chi connectivity index (χ2n) is 33.4. The molecule has 0 atom stereocenters. The van der Waals surface area contributed by atoms with E-state index in [9.17, 15) is 0 Å². The molecular formula is C80H204Ga11N11. The van der Waals surface area contributed by atoms with Crippen molar-refractivity contribution in [1.29, 1.82) is 0 Å². The maximum absolute atomic E-state index is 2.59. The second kappa shape index (κ2) is 104. The van der Waals surface area contributed by atoms with Crippen molar-refractivity contribution in [2.45, 2.75) is 279 Å². The van der Waals surface area contributed by atoms with E-state index in [1.165, 1.54) is 193 Å². The predicted octanol–water partition coefficient (Wildman–Crippen LogP) is 19.4. The molecule has 0 aliphatic heterocycles. The van der Waals surface area contributed by atoms with E-state index in [-0.39, 0.29) is 0 Å². The van der Waals surface area contributed by atoms with Crippen LogP contribution in [0.1, 0.15) is 138 Å². The molecule has 0 aromatic carbocycles. The first-order valence-electron chi connectivity index (χ1n) is 44.2. The van der Waals surface area contributed by atoms with Gasteiger partial charge in [0.2, 0.25) is 0 Å². The van der Waals surface area contributed by atoms with E-state index in [4.69, 9.17) is 0 Å². The van der Waals surface area contributed by atoms with Crippen LogP contribution >= 0.6 is 0 Å². The van der Waals surface area contributed by atoms with E-state index in [1.807, 2.05) is 0 Å². The van der Waals surface area contributed by atoms with Crippen LogP contribution in [-0.4, -0.2) is 446 Å². The zero-order chi connectivity index (χ0) is 82.2. The molecule has 0 radical (unpaired) electrons. The Labute approximate surface area is 714 Å². The topological polar surface area (TPSA) is 35.6 Å². The number of hydrogen-bond acceptors (Lipinski definition) is 11. The first-order chi connectivity index (χ1) is 47.6. The van der Waals surface area contributed by atoms with E-state index in [0.29, 0.717) is 0 Å². The summed E-state index contributed by atoms with van der Waals surface area (Å²) in [5, 5.41) is 8.58. The quantitative estimate of drug-likeness (QED) is 0.0547. The standard InChI is InChI=1S/C6H14N.4C5H12N.4C4H10N.2C3H8N.10C2H5.12CH3.11Ga/c1-4-7(5-2)6-3;4*1-4-6(3)5-2;4*1-4-5(2)3;2*1-4(2)3;10*1-2;;;;;;;;;;;;;;;;;;;;;;;/h1,4-6H2,2-3H3;2*3-5H2,1-2H3;2*1,4-5H2,2-3H3;2*2,4H2,1,3H3;2*1,4H2,2-3H3;2*1H2,2-3H3;10*1H2,2H3;12*1H3;;;;;;;;;;;. The average Bonchev–Trinajstić information content (AvgIpc) is 1.20. The van der Waals surface area contributed by atoms with Crippen molar-refractivity contribution in [3.8, 4) is 0 Å². The molecule has 0 bridgehead atoms. The number of hydrogen-bond donors (Lipinski definition) is 0. The van der Waals surface area contributed by atoms with Crippen LogP contribution in [0.4, 0.5) is 0 Å². The molecule has 0 aromatic rings. The minimum atomic E-state index is -0.804. The molecule has 0 amide bonds. The third kappa shape index (κ3) is 130. The molecule has 0 spiro atoms. The van der Waals surface area contributed by atoms with Gasteiger partial charge in [0.05, 0.1) is 0 Å². The Balaban J connectivity index is -0.0000000994. The van der Waals surface area contributed by atoms with Crippen molar-refractivity contribution in [1.82, 2.24) is 53.9 Å². The van der Waals surface area contributed by atoms with Crippen molar-refractivity contribution >= 4 is 178 Å². The predicted molar refractivity (Wildman–Crippen MR) is 513 cm³/mol. The normalized spacial score (nSPS) is 10.4. The molecule has 0 N–H and O–H groups in total. The Morgan fingerprint density at radius 2 is 0.402 bits per heavy atom. The van der Waals surface area contributed by atoms with Gasteiger partial charge in [0, 0.05) is 0 Å². The molecule has 22 heteroatoms. The fourth-order valence-electron chi connectivity index (χ4n) is 10.6. The fraction of sp³-hybridized carbons (Fsp3) is 1.00. The molecule has 102 heavy (non-hydrogen) atoms. The van der Waals surface area contributed by atoms with Crippen LogP contribution in [0.15, 0.2) is 0 Å². The van der Waals surface area contributed by atoms with E-state index in [1.54, 1.807) is 9.95 Å². The van der Waals surface area contributed by atoms with Gasteiger partial charge >= 0.3 is 724 Å². The average molecular weight is 2090 g/mol. The van der Waals surface area contributed by atoms with Crippen molar-refractivity contribution in [2.75, 3.05) is 213 Å². The molecular weight excluding hydrogens is 1880 g/mol. The first kappa shape index (κ1) is 132. The first-order valence-corrected chi connectivity index (χ1v) is 109. The van der Waals surface area contributed by atoms with Crippen LogP contribution < -0.4 is 0 Å². The van der Waals surface area contributed by atoms with Gasteiger partial charge in [0.1, 0.15) is 0 Å². The molecule has 0 aliphatic rings. The molecule has 11 nitrogen and oxygen atoms in total. The summed E-state index contributed by atoms with van der Waals surface area (Å²) in [6.45, 7) is 65.0. The Hall–Kier alpha value is 6.56. The van der Waals surface area contributed by atoms with Crippen LogP contribution in [0.5, 0.6) is 0 Å². The Morgan fingerprint density at radius 3 is 0.608 bits per heavy atom. The fourth-order valence-corrected chi connectivity index (χ4v) is 49.5. The van der Waals surface area contributed by atoms with Crippen LogP contribution in [0.2, 0.25) is 140 Å². The molecule has 0 heterocycles. The minimum absolute atomic E-state index is 0.658. The summed E-state index contributed by atoms with van der Waals surface area (Å²) in [5.74, 6) is 0. The van der Waals surface area contributed by atoms with Gasteiger partial charge in [-0.3, -0.25) is 0 Å². The summed E-state index contributed by atoms with van der Waals surface area (Å²) in [5.41, 5.74) is 29.3. The van der Waals surface area contributed by atoms with Gasteiger partial charge in [-0.1, -0.05) is 0 Å². The van der Waals surface area contributed by atoms with Crippen molar-refractivity contribution in [3.63, 3.8) is 0 Å². The molecule has 0 fully saturated rings. The number of rotatable bonds is 47. The third-order valence-corrected chi connectivity index (χ3v) is 72.8. The van der Waals surface area contributed by atoms with Crippen molar-refractivity contribution in [2.24, 2.45) is 0 Å². The van der Waals surface area contributed by atoms with E-state index in [2.05, 4.69) is 343 Å². The van der Waals surface area contributed by atoms with Gasteiger partial charge in [0.25, 0.3) is 0 Å². The zero-order valence-corrected chi connectivity index (χ0v) is 107. The van der Waals surface area contributed by atoms with Gasteiger partial charge in [0.15, 0.2) is 0 Å². The SMILES string of the molecule is CCN(C)C[CH2][Ga]([CH2]C)[CH2]C.CCN(C)C[CH2][Ga]([CH3])[CH3].CCN(C)[CH2][Ga]([CH2]C)[CH2]C.CCN(C)[CH2][Ga]([CH3])[CH3].CCN(CC)C[CH2][Ga]([CH3])[CH3].CCN(CC)[CH2][Ga]([CH2]C)[CH2]C.CCN(CC)[CH2][Ga]([CH3])[CH3].CN(C)C[CH2][Ga]([CH3])[CH3].CN(C)[CH2][Ga]([CH3])[CH3].C[CH2][Ga]([CH2]C)[CH2]CN(C)C.C[CH2][Ga]([CH2]C)[CH2]N(C)C. The van der Waals surface area contributed by atoms with Gasteiger partial charge in [-0.2, -0.15) is 0 Å². The molecule has 0 unspecified atom stereocenters. The van der Waals surface area contributed by atoms with E-state index >= 15 is 0 Å². The maximum atomic E-state index is 2.59. The summed E-state index contributed by atoms with van der Waals surface area (Å²) >= 11 is -7.98.